The fraction of sp³-hybridized carbons (Fsp3) is 0.500. The lowest BCUT2D eigenvalue weighted by molar-refractivity contribution is 0.0518. The van der Waals surface area contributed by atoms with Gasteiger partial charge < -0.3 is 19.5 Å². The van der Waals surface area contributed by atoms with E-state index in [1.807, 2.05) is 12.1 Å². The third-order valence-corrected chi connectivity index (χ3v) is 5.80. The SMILES string of the molecule is O=C(c1ccc(NC2CCCCCC2)nc1)N1CCN(C(=O)c2ccco2)CC1. The number of rotatable bonds is 4. The molecule has 2 aromatic heterocycles. The Bertz CT molecular complexity index is 803. The summed E-state index contributed by atoms with van der Waals surface area (Å²) in [6.07, 6.45) is 10.7. The molecule has 1 N–H and O–H groups in total. The molecule has 1 aliphatic heterocycles. The molecular formula is C22H28N4O3. The predicted molar refractivity (Wildman–Crippen MR) is 110 cm³/mol. The fourth-order valence-corrected chi connectivity index (χ4v) is 4.09. The molecule has 154 valence electrons. The Balaban J connectivity index is 1.30. The van der Waals surface area contributed by atoms with Crippen molar-refractivity contribution in [2.75, 3.05) is 31.5 Å². The van der Waals surface area contributed by atoms with Crippen LogP contribution in [0.4, 0.5) is 5.82 Å². The highest BCUT2D eigenvalue weighted by Gasteiger charge is 2.26. The molecule has 1 aliphatic carbocycles. The number of pyridine rings is 1. The number of amides is 2. The van der Waals surface area contributed by atoms with Crippen molar-refractivity contribution in [2.24, 2.45) is 0 Å². The Morgan fingerprint density at radius 2 is 1.62 bits per heavy atom. The number of anilines is 1. The van der Waals surface area contributed by atoms with Crippen molar-refractivity contribution in [3.8, 4) is 0 Å². The first-order valence-electron chi connectivity index (χ1n) is 10.6. The van der Waals surface area contributed by atoms with Crippen molar-refractivity contribution in [1.29, 1.82) is 0 Å². The van der Waals surface area contributed by atoms with Crippen molar-refractivity contribution >= 4 is 17.6 Å². The lowest BCUT2D eigenvalue weighted by Crippen LogP contribution is -2.50. The van der Waals surface area contributed by atoms with Crippen molar-refractivity contribution in [2.45, 2.75) is 44.6 Å². The molecule has 7 nitrogen and oxygen atoms in total. The predicted octanol–water partition coefficient (Wildman–Crippen LogP) is 3.41. The number of hydrogen-bond donors (Lipinski definition) is 1. The van der Waals surface area contributed by atoms with Gasteiger partial charge in [0.25, 0.3) is 11.8 Å². The highest BCUT2D eigenvalue weighted by atomic mass is 16.3. The van der Waals surface area contributed by atoms with E-state index in [9.17, 15) is 9.59 Å². The van der Waals surface area contributed by atoms with Crippen LogP contribution in [0.5, 0.6) is 0 Å². The number of nitrogens with one attached hydrogen (secondary N) is 1. The Labute approximate surface area is 171 Å². The second kappa shape index (κ2) is 9.11. The summed E-state index contributed by atoms with van der Waals surface area (Å²) in [5.74, 6) is 1.01. The number of furan rings is 1. The molecule has 2 aliphatic rings. The summed E-state index contributed by atoms with van der Waals surface area (Å²) in [5.41, 5.74) is 0.585. The summed E-state index contributed by atoms with van der Waals surface area (Å²) in [7, 11) is 0. The third-order valence-electron chi connectivity index (χ3n) is 5.80. The van der Waals surface area contributed by atoms with Crippen molar-refractivity contribution in [3.05, 3.63) is 48.0 Å². The zero-order chi connectivity index (χ0) is 20.1. The monoisotopic (exact) mass is 396 g/mol. The van der Waals surface area contributed by atoms with Crippen molar-refractivity contribution < 1.29 is 14.0 Å². The molecular weight excluding hydrogens is 368 g/mol. The molecule has 4 rings (SSSR count). The molecule has 2 fully saturated rings. The molecule has 0 unspecified atom stereocenters. The van der Waals surface area contributed by atoms with Crippen LogP contribution in [-0.2, 0) is 0 Å². The van der Waals surface area contributed by atoms with Gasteiger partial charge in [0.05, 0.1) is 11.8 Å². The van der Waals surface area contributed by atoms with Crippen LogP contribution >= 0.6 is 0 Å². The van der Waals surface area contributed by atoms with Crippen LogP contribution in [0.25, 0.3) is 0 Å². The average Bonchev–Trinajstić information content (AvgIpc) is 3.19. The minimum atomic E-state index is -0.127. The van der Waals surface area contributed by atoms with Gasteiger partial charge in [0, 0.05) is 38.4 Å². The molecule has 2 aromatic rings. The fourth-order valence-electron chi connectivity index (χ4n) is 4.09. The Morgan fingerprint density at radius 3 is 2.21 bits per heavy atom. The van der Waals surface area contributed by atoms with Crippen LogP contribution in [0.3, 0.4) is 0 Å². The summed E-state index contributed by atoms with van der Waals surface area (Å²) in [4.78, 5) is 33.1. The molecule has 0 bridgehead atoms. The third kappa shape index (κ3) is 4.78. The molecule has 2 amide bonds. The molecule has 0 aromatic carbocycles. The average molecular weight is 396 g/mol. The van der Waals surface area contributed by atoms with Gasteiger partial charge in [0.2, 0.25) is 0 Å². The molecule has 0 atom stereocenters. The standard InChI is InChI=1S/C22H28N4O3/c27-21(25-11-13-26(14-12-25)22(28)19-8-5-15-29-19)17-9-10-20(23-16-17)24-18-6-3-1-2-4-7-18/h5,8-10,15-16,18H,1-4,6-7,11-14H2,(H,23,24). The van der Waals surface area contributed by atoms with Gasteiger partial charge in [-0.1, -0.05) is 25.7 Å². The zero-order valence-corrected chi connectivity index (χ0v) is 16.7. The minimum Gasteiger partial charge on any atom is -0.459 e. The summed E-state index contributed by atoms with van der Waals surface area (Å²) >= 11 is 0. The second-order valence-electron chi connectivity index (χ2n) is 7.83. The molecule has 3 heterocycles. The topological polar surface area (TPSA) is 78.7 Å². The van der Waals surface area contributed by atoms with Gasteiger partial charge in [-0.05, 0) is 37.1 Å². The Kier molecular flexibility index (Phi) is 6.12. The van der Waals surface area contributed by atoms with Crippen LogP contribution < -0.4 is 5.32 Å². The second-order valence-corrected chi connectivity index (χ2v) is 7.83. The summed E-state index contributed by atoms with van der Waals surface area (Å²) < 4.78 is 5.18. The van der Waals surface area contributed by atoms with E-state index in [4.69, 9.17) is 4.42 Å². The van der Waals surface area contributed by atoms with Gasteiger partial charge in [-0.3, -0.25) is 9.59 Å². The van der Waals surface area contributed by atoms with Crippen molar-refractivity contribution in [3.63, 3.8) is 0 Å². The van der Waals surface area contributed by atoms with Crippen LogP contribution in [0.1, 0.15) is 59.4 Å². The van der Waals surface area contributed by atoms with E-state index >= 15 is 0 Å². The Hall–Kier alpha value is -2.83. The number of carbonyl (C=O) groups excluding carboxylic acids is 2. The smallest absolute Gasteiger partial charge is 0.289 e. The van der Waals surface area contributed by atoms with E-state index < -0.39 is 0 Å². The quantitative estimate of drug-likeness (QED) is 0.802. The number of nitrogens with zero attached hydrogens (tertiary/aromatic N) is 3. The molecule has 1 saturated heterocycles. The molecule has 29 heavy (non-hydrogen) atoms. The lowest BCUT2D eigenvalue weighted by atomic mass is 10.1. The molecule has 7 heteroatoms. The van der Waals surface area contributed by atoms with Crippen LogP contribution in [-0.4, -0.2) is 58.8 Å². The van der Waals surface area contributed by atoms with Crippen LogP contribution in [0, 0.1) is 0 Å². The van der Waals surface area contributed by atoms with E-state index in [1.165, 1.54) is 44.8 Å². The zero-order valence-electron chi connectivity index (χ0n) is 16.7. The van der Waals surface area contributed by atoms with Gasteiger partial charge in [-0.2, -0.15) is 0 Å². The first-order valence-corrected chi connectivity index (χ1v) is 10.6. The van der Waals surface area contributed by atoms with Gasteiger partial charge in [0.15, 0.2) is 5.76 Å². The first-order chi connectivity index (χ1) is 14.2. The minimum absolute atomic E-state index is 0.0383. The molecule has 0 radical (unpaired) electrons. The summed E-state index contributed by atoms with van der Waals surface area (Å²) in [5, 5.41) is 3.51. The normalized spacial score (nSPS) is 18.3. The van der Waals surface area contributed by atoms with E-state index in [2.05, 4.69) is 10.3 Å². The number of piperazine rings is 1. The van der Waals surface area contributed by atoms with Crippen LogP contribution in [0.2, 0.25) is 0 Å². The van der Waals surface area contributed by atoms with E-state index in [-0.39, 0.29) is 11.8 Å². The maximum absolute atomic E-state index is 12.8. The highest BCUT2D eigenvalue weighted by Crippen LogP contribution is 2.20. The van der Waals surface area contributed by atoms with Gasteiger partial charge in [-0.15, -0.1) is 0 Å². The molecule has 1 saturated carbocycles. The Morgan fingerprint density at radius 1 is 0.931 bits per heavy atom. The van der Waals surface area contributed by atoms with Gasteiger partial charge in [-0.25, -0.2) is 4.98 Å². The van der Waals surface area contributed by atoms with E-state index in [0.29, 0.717) is 43.5 Å². The van der Waals surface area contributed by atoms with Gasteiger partial charge in [0.1, 0.15) is 5.82 Å². The largest absolute Gasteiger partial charge is 0.459 e. The highest BCUT2D eigenvalue weighted by molar-refractivity contribution is 5.95. The summed E-state index contributed by atoms with van der Waals surface area (Å²) in [6, 6.07) is 7.58. The maximum Gasteiger partial charge on any atom is 0.289 e. The number of aromatic nitrogens is 1. The van der Waals surface area contributed by atoms with Crippen molar-refractivity contribution in [1.82, 2.24) is 14.8 Å². The number of hydrogen-bond acceptors (Lipinski definition) is 5. The first kappa shape index (κ1) is 19.5. The van der Waals surface area contributed by atoms with E-state index in [0.717, 1.165) is 5.82 Å². The van der Waals surface area contributed by atoms with E-state index in [1.54, 1.807) is 28.1 Å². The van der Waals surface area contributed by atoms with Gasteiger partial charge >= 0.3 is 0 Å². The van der Waals surface area contributed by atoms with Crippen LogP contribution in [0.15, 0.2) is 41.1 Å². The molecule has 0 spiro atoms. The summed E-state index contributed by atoms with van der Waals surface area (Å²) in [6.45, 7) is 2.01. The maximum atomic E-state index is 12.8. The lowest BCUT2D eigenvalue weighted by Gasteiger charge is -2.34. The number of carbonyl (C=O) groups is 2.